The van der Waals surface area contributed by atoms with E-state index in [1.165, 1.54) is 0 Å². The number of carbonyl (C=O) groups is 1. The number of nitrogens with zero attached hydrogens (tertiary/aromatic N) is 2. The first kappa shape index (κ1) is 16.6. The Morgan fingerprint density at radius 3 is 2.59 bits per heavy atom. The van der Waals surface area contributed by atoms with Crippen LogP contribution in [-0.4, -0.2) is 49.5 Å². The molecule has 1 saturated heterocycles. The number of ether oxygens (including phenoxy) is 2. The molecule has 0 bridgehead atoms. The summed E-state index contributed by atoms with van der Waals surface area (Å²) in [5.74, 6) is -1.46. The smallest absolute Gasteiger partial charge is 0.396 e. The summed E-state index contributed by atoms with van der Waals surface area (Å²) < 4.78 is 52.8. The summed E-state index contributed by atoms with van der Waals surface area (Å²) in [4.78, 5) is 17.2. The molecule has 0 aliphatic carbocycles. The molecule has 0 unspecified atom stereocenters. The van der Waals surface area contributed by atoms with Crippen LogP contribution in [0.2, 0.25) is 0 Å². The average molecular weight is 322 g/mol. The van der Waals surface area contributed by atoms with Crippen molar-refractivity contribution in [1.29, 1.82) is 0 Å². The van der Waals surface area contributed by atoms with E-state index in [0.717, 1.165) is 0 Å². The molecule has 1 aromatic heterocycles. The van der Waals surface area contributed by atoms with Crippen molar-refractivity contribution in [3.05, 3.63) is 11.5 Å². The Morgan fingerprint density at radius 2 is 2.09 bits per heavy atom. The molecule has 22 heavy (non-hydrogen) atoms. The molecule has 1 fully saturated rings. The summed E-state index contributed by atoms with van der Waals surface area (Å²) in [6.45, 7) is 4.28. The maximum absolute atomic E-state index is 12.6. The van der Waals surface area contributed by atoms with Gasteiger partial charge in [0.15, 0.2) is 11.5 Å². The zero-order valence-corrected chi connectivity index (χ0v) is 12.5. The first-order chi connectivity index (χ1) is 10.2. The number of aromatic nitrogens is 1. The molecular weight excluding hydrogens is 305 g/mol. The molecule has 2 heterocycles. The molecule has 6 nitrogen and oxygen atoms in total. The van der Waals surface area contributed by atoms with E-state index in [2.05, 4.69) is 4.98 Å². The highest BCUT2D eigenvalue weighted by molar-refractivity contribution is 5.88. The van der Waals surface area contributed by atoms with Crippen molar-refractivity contribution >= 4 is 12.0 Å². The van der Waals surface area contributed by atoms with Crippen LogP contribution in [0.3, 0.4) is 0 Å². The highest BCUT2D eigenvalue weighted by Crippen LogP contribution is 2.32. The van der Waals surface area contributed by atoms with Crippen molar-refractivity contribution in [1.82, 2.24) is 4.98 Å². The van der Waals surface area contributed by atoms with Crippen LogP contribution in [0, 0.1) is 0 Å². The van der Waals surface area contributed by atoms with E-state index in [-0.39, 0.29) is 12.6 Å². The number of hydrogen-bond acceptors (Lipinski definition) is 6. The van der Waals surface area contributed by atoms with Crippen molar-refractivity contribution in [3.8, 4) is 0 Å². The van der Waals surface area contributed by atoms with Crippen molar-refractivity contribution in [3.63, 3.8) is 0 Å². The Kier molecular flexibility index (Phi) is 4.37. The van der Waals surface area contributed by atoms with Crippen LogP contribution in [0.1, 0.15) is 30.1 Å². The molecule has 124 valence electrons. The van der Waals surface area contributed by atoms with Gasteiger partial charge in [-0.1, -0.05) is 0 Å². The lowest BCUT2D eigenvalue weighted by Gasteiger charge is -2.45. The van der Waals surface area contributed by atoms with Crippen molar-refractivity contribution in [2.45, 2.75) is 32.0 Å². The Bertz CT molecular complexity index is 550. The Balaban J connectivity index is 2.22. The normalized spacial score (nSPS) is 17.3. The van der Waals surface area contributed by atoms with E-state index >= 15 is 0 Å². The largest absolute Gasteiger partial charge is 0.461 e. The molecule has 0 radical (unpaired) electrons. The lowest BCUT2D eigenvalue weighted by Crippen LogP contribution is -2.61. The van der Waals surface area contributed by atoms with Gasteiger partial charge < -0.3 is 18.8 Å². The third kappa shape index (κ3) is 3.52. The van der Waals surface area contributed by atoms with E-state index in [1.807, 2.05) is 6.92 Å². The number of halogens is 3. The third-order valence-corrected chi connectivity index (χ3v) is 3.33. The molecule has 1 aliphatic rings. The molecule has 1 aromatic rings. The summed E-state index contributed by atoms with van der Waals surface area (Å²) in [7, 11) is 1.55. The molecule has 0 amide bonds. The molecule has 0 saturated carbocycles. The molecule has 9 heteroatoms. The highest BCUT2D eigenvalue weighted by Gasteiger charge is 2.42. The summed E-state index contributed by atoms with van der Waals surface area (Å²) in [6, 6.07) is -0.0307. The zero-order chi connectivity index (χ0) is 16.5. The molecule has 0 spiro atoms. The van der Waals surface area contributed by atoms with Crippen LogP contribution >= 0.6 is 0 Å². The number of oxazole rings is 1. The quantitative estimate of drug-likeness (QED) is 0.774. The minimum atomic E-state index is -4.51. The number of anilines is 1. The number of alkyl halides is 3. The van der Waals surface area contributed by atoms with Gasteiger partial charge >= 0.3 is 12.1 Å². The van der Waals surface area contributed by atoms with Gasteiger partial charge in [-0.2, -0.15) is 18.2 Å². The fraction of sp³-hybridized carbons (Fsp3) is 0.692. The predicted molar refractivity (Wildman–Crippen MR) is 69.8 cm³/mol. The zero-order valence-electron chi connectivity index (χ0n) is 12.5. The number of hydrogen-bond donors (Lipinski definition) is 0. The lowest BCUT2D eigenvalue weighted by molar-refractivity contribution is -0.130. The van der Waals surface area contributed by atoms with Crippen LogP contribution in [0.4, 0.5) is 19.2 Å². The Hall–Kier alpha value is -1.77. The number of methoxy groups -OCH3 is 1. The van der Waals surface area contributed by atoms with Crippen LogP contribution in [0.5, 0.6) is 0 Å². The van der Waals surface area contributed by atoms with Crippen LogP contribution < -0.4 is 4.90 Å². The summed E-state index contributed by atoms with van der Waals surface area (Å²) in [6.07, 6.45) is -5.88. The van der Waals surface area contributed by atoms with Crippen LogP contribution in [0.25, 0.3) is 0 Å². The fourth-order valence-electron chi connectivity index (χ4n) is 2.16. The van der Waals surface area contributed by atoms with Crippen molar-refractivity contribution in [2.24, 2.45) is 0 Å². The molecule has 0 atom stereocenters. The second kappa shape index (κ2) is 5.79. The van der Waals surface area contributed by atoms with E-state index < -0.39 is 35.6 Å². The first-order valence-electron chi connectivity index (χ1n) is 6.71. The van der Waals surface area contributed by atoms with Gasteiger partial charge in [0, 0.05) is 7.11 Å². The van der Waals surface area contributed by atoms with E-state index in [9.17, 15) is 18.0 Å². The average Bonchev–Trinajstić information content (AvgIpc) is 2.76. The van der Waals surface area contributed by atoms with Gasteiger partial charge in [-0.15, -0.1) is 0 Å². The van der Waals surface area contributed by atoms with E-state index in [1.54, 1.807) is 18.9 Å². The molecular formula is C13H17F3N2O4. The maximum atomic E-state index is 12.6. The minimum Gasteiger partial charge on any atom is -0.461 e. The summed E-state index contributed by atoms with van der Waals surface area (Å²) >= 11 is 0. The Morgan fingerprint density at radius 1 is 1.45 bits per heavy atom. The number of rotatable bonds is 5. The fourth-order valence-corrected chi connectivity index (χ4v) is 2.16. The monoisotopic (exact) mass is 322 g/mol. The van der Waals surface area contributed by atoms with Crippen molar-refractivity contribution in [2.75, 3.05) is 31.7 Å². The molecule has 0 aromatic carbocycles. The van der Waals surface area contributed by atoms with Crippen molar-refractivity contribution < 1.29 is 31.9 Å². The SMILES string of the molecule is CCOC(=O)c1nc(N2CC(C)(OC)C2)oc1CC(F)(F)F. The molecule has 0 N–H and O–H groups in total. The second-order valence-corrected chi connectivity index (χ2v) is 5.29. The van der Waals surface area contributed by atoms with Gasteiger partial charge in [-0.05, 0) is 13.8 Å². The van der Waals surface area contributed by atoms with Gasteiger partial charge in [0.25, 0.3) is 6.01 Å². The van der Waals surface area contributed by atoms with Gasteiger partial charge in [0.05, 0.1) is 19.7 Å². The second-order valence-electron chi connectivity index (χ2n) is 5.29. The third-order valence-electron chi connectivity index (χ3n) is 3.33. The summed E-state index contributed by atoms with van der Waals surface area (Å²) in [5.41, 5.74) is -0.830. The maximum Gasteiger partial charge on any atom is 0.396 e. The van der Waals surface area contributed by atoms with Gasteiger partial charge in [-0.25, -0.2) is 4.79 Å². The summed E-state index contributed by atoms with van der Waals surface area (Å²) in [5, 5.41) is 0. The van der Waals surface area contributed by atoms with Gasteiger partial charge in [0.2, 0.25) is 0 Å². The van der Waals surface area contributed by atoms with E-state index in [4.69, 9.17) is 13.9 Å². The molecule has 2 rings (SSSR count). The highest BCUT2D eigenvalue weighted by atomic mass is 19.4. The molecule has 1 aliphatic heterocycles. The van der Waals surface area contributed by atoms with E-state index in [0.29, 0.717) is 13.1 Å². The number of carbonyl (C=O) groups excluding carboxylic acids is 1. The topological polar surface area (TPSA) is 64.8 Å². The van der Waals surface area contributed by atoms with Crippen LogP contribution in [0.15, 0.2) is 4.42 Å². The first-order valence-corrected chi connectivity index (χ1v) is 6.71. The lowest BCUT2D eigenvalue weighted by atomic mass is 9.97. The van der Waals surface area contributed by atoms with Gasteiger partial charge in [0.1, 0.15) is 12.0 Å². The minimum absolute atomic E-state index is 0.0307. The predicted octanol–water partition coefficient (Wildman–Crippen LogP) is 2.18. The number of esters is 1. The Labute approximate surface area is 125 Å². The van der Waals surface area contributed by atoms with Crippen LogP contribution in [-0.2, 0) is 15.9 Å². The standard InChI is InChI=1S/C13H17F3N2O4/c1-4-21-10(19)9-8(5-13(14,15)16)22-11(17-9)18-6-12(2,7-18)20-3/h4-7H2,1-3H3. The van der Waals surface area contributed by atoms with Gasteiger partial charge in [-0.3, -0.25) is 0 Å².